The number of halogens is 2. The van der Waals surface area contributed by atoms with E-state index in [0.29, 0.717) is 37.7 Å². The predicted molar refractivity (Wildman–Crippen MR) is 124 cm³/mol. The first kappa shape index (κ1) is 24.9. The number of hydrogen-bond donors (Lipinski definition) is 3. The number of anilines is 2. The fourth-order valence-electron chi connectivity index (χ4n) is 2.93. The van der Waals surface area contributed by atoms with Crippen LogP contribution in [0, 0.1) is 17.1 Å². The van der Waals surface area contributed by atoms with Gasteiger partial charge in [0.1, 0.15) is 10.8 Å². The molecule has 0 saturated carbocycles. The van der Waals surface area contributed by atoms with Crippen molar-refractivity contribution in [3.05, 3.63) is 46.4 Å². The normalized spacial score (nSPS) is 14.0. The largest absolute Gasteiger partial charge is 0.476 e. The molecule has 12 heteroatoms. The lowest BCUT2D eigenvalue weighted by Gasteiger charge is -2.29. The molecular formula is C21H25ClFN5O4S. The molecule has 0 unspecified atom stereocenters. The van der Waals surface area contributed by atoms with Crippen molar-refractivity contribution in [2.75, 3.05) is 25.0 Å². The molecule has 9 nitrogen and oxygen atoms in total. The Balaban J connectivity index is 1.85. The van der Waals surface area contributed by atoms with Gasteiger partial charge in [-0.25, -0.2) is 14.1 Å². The number of benzene rings is 1. The summed E-state index contributed by atoms with van der Waals surface area (Å²) >= 11 is 6.23. The van der Waals surface area contributed by atoms with Gasteiger partial charge < -0.3 is 15.5 Å². The quantitative estimate of drug-likeness (QED) is 0.453. The molecule has 0 bridgehead atoms. The first-order valence-corrected chi connectivity index (χ1v) is 12.1. The Bertz CT molecular complexity index is 1190. The first-order chi connectivity index (χ1) is 15.5. The second kappa shape index (κ2) is 10.0. The molecule has 1 aliphatic rings. The summed E-state index contributed by atoms with van der Waals surface area (Å²) in [6.45, 7) is 6.49. The fourth-order valence-corrected chi connectivity index (χ4v) is 4.36. The number of pyridine rings is 1. The molecule has 1 aliphatic heterocycles. The lowest BCUT2D eigenvalue weighted by molar-refractivity contribution is 0.0974. The van der Waals surface area contributed by atoms with Crippen molar-refractivity contribution in [3.63, 3.8) is 0 Å². The molecule has 3 N–H and O–H groups in total. The van der Waals surface area contributed by atoms with E-state index in [2.05, 4.69) is 10.3 Å². The van der Waals surface area contributed by atoms with E-state index in [0.717, 1.165) is 16.4 Å². The maximum atomic E-state index is 14.8. The third-order valence-corrected chi connectivity index (χ3v) is 6.53. The molecule has 1 aromatic carbocycles. The van der Waals surface area contributed by atoms with Gasteiger partial charge in [0.25, 0.3) is 5.91 Å². The Morgan fingerprint density at radius 3 is 2.55 bits per heavy atom. The van der Waals surface area contributed by atoms with Crippen LogP contribution in [0.25, 0.3) is 0 Å². The maximum absolute atomic E-state index is 14.8. The highest BCUT2D eigenvalue weighted by molar-refractivity contribution is 7.87. The van der Waals surface area contributed by atoms with Gasteiger partial charge in [-0.2, -0.15) is 12.7 Å². The van der Waals surface area contributed by atoms with Crippen LogP contribution in [0.2, 0.25) is 5.02 Å². The van der Waals surface area contributed by atoms with Gasteiger partial charge in [-0.3, -0.25) is 4.79 Å². The Morgan fingerprint density at radius 1 is 1.30 bits per heavy atom. The minimum atomic E-state index is -4.04. The van der Waals surface area contributed by atoms with Crippen LogP contribution < -0.4 is 14.8 Å². The summed E-state index contributed by atoms with van der Waals surface area (Å²) in [6.07, 6.45) is 2.15. The van der Waals surface area contributed by atoms with E-state index >= 15 is 0 Å². The fraction of sp³-hybridized carbons (Fsp3) is 0.381. The van der Waals surface area contributed by atoms with E-state index in [9.17, 15) is 17.6 Å². The highest BCUT2D eigenvalue weighted by Crippen LogP contribution is 2.29. The van der Waals surface area contributed by atoms with Gasteiger partial charge in [-0.15, -0.1) is 0 Å². The number of hydrogen-bond acceptors (Lipinski definition) is 7. The topological polar surface area (TPSA) is 124 Å². The molecule has 33 heavy (non-hydrogen) atoms. The molecule has 1 aromatic heterocycles. The molecule has 0 atom stereocenters. The van der Waals surface area contributed by atoms with Crippen molar-refractivity contribution < 1.29 is 22.3 Å². The van der Waals surface area contributed by atoms with E-state index in [1.165, 1.54) is 13.1 Å². The molecular weight excluding hydrogens is 473 g/mol. The number of nitrogens with zero attached hydrogens (tertiary/aromatic N) is 2. The molecule has 0 spiro atoms. The van der Waals surface area contributed by atoms with Crippen LogP contribution in [0.1, 0.15) is 43.1 Å². The van der Waals surface area contributed by atoms with Crippen molar-refractivity contribution in [3.8, 4) is 5.88 Å². The molecule has 0 aliphatic carbocycles. The van der Waals surface area contributed by atoms with Crippen LogP contribution in [0.15, 0.2) is 24.4 Å². The zero-order chi connectivity index (χ0) is 24.3. The van der Waals surface area contributed by atoms with Gasteiger partial charge in [0.2, 0.25) is 5.88 Å². The van der Waals surface area contributed by atoms with Crippen molar-refractivity contribution in [1.82, 2.24) is 14.0 Å². The number of carbonyl (C=O) groups is 1. The Labute approximate surface area is 197 Å². The molecule has 2 aromatic rings. The summed E-state index contributed by atoms with van der Waals surface area (Å²) in [5.41, 5.74) is 0.360. The molecule has 2 heterocycles. The lowest BCUT2D eigenvalue weighted by Crippen LogP contribution is -2.49. The molecule has 1 amide bonds. The Morgan fingerprint density at radius 2 is 2.00 bits per heavy atom. The number of amides is 1. The molecule has 1 fully saturated rings. The summed E-state index contributed by atoms with van der Waals surface area (Å²) in [5.74, 6) is -1.50. The number of ether oxygens (including phenoxy) is 1. The minimum absolute atomic E-state index is 0.0353. The van der Waals surface area contributed by atoms with E-state index < -0.39 is 27.5 Å². The lowest BCUT2D eigenvalue weighted by atomic mass is 10.0. The van der Waals surface area contributed by atoms with E-state index in [-0.39, 0.29) is 27.9 Å². The molecule has 178 valence electrons. The van der Waals surface area contributed by atoms with Crippen molar-refractivity contribution in [2.45, 2.75) is 27.2 Å². The predicted octanol–water partition coefficient (Wildman–Crippen LogP) is 3.72. The summed E-state index contributed by atoms with van der Waals surface area (Å²) in [4.78, 5) is 16.6. The minimum Gasteiger partial charge on any atom is -0.476 e. The average Bonchev–Trinajstić information content (AvgIpc) is 2.64. The molecule has 1 saturated heterocycles. The SMILES string of the molecule is CC(=N)c1cc(C(=O)NS(=O)(=O)N2CCC2)c(F)cc1Nc1cnc(OCC(C)C)c(Cl)c1. The van der Waals surface area contributed by atoms with Gasteiger partial charge in [0.15, 0.2) is 0 Å². The summed E-state index contributed by atoms with van der Waals surface area (Å²) in [6, 6.07) is 3.71. The zero-order valence-electron chi connectivity index (χ0n) is 18.4. The second-order valence-electron chi connectivity index (χ2n) is 8.03. The monoisotopic (exact) mass is 497 g/mol. The summed E-state index contributed by atoms with van der Waals surface area (Å²) in [5, 5.41) is 11.2. The summed E-state index contributed by atoms with van der Waals surface area (Å²) in [7, 11) is -4.04. The number of carbonyl (C=O) groups excluding carboxylic acids is 1. The van der Waals surface area contributed by atoms with E-state index in [4.69, 9.17) is 21.7 Å². The third kappa shape index (κ3) is 5.98. The average molecular weight is 498 g/mol. The Kier molecular flexibility index (Phi) is 7.55. The Hall–Kier alpha value is -2.76. The van der Waals surface area contributed by atoms with Crippen LogP contribution in [0.5, 0.6) is 5.88 Å². The van der Waals surface area contributed by atoms with E-state index in [1.54, 1.807) is 6.07 Å². The van der Waals surface area contributed by atoms with Crippen molar-refractivity contribution in [2.24, 2.45) is 5.92 Å². The third-order valence-electron chi connectivity index (χ3n) is 4.77. The summed E-state index contributed by atoms with van der Waals surface area (Å²) < 4.78 is 47.6. The van der Waals surface area contributed by atoms with Crippen LogP contribution >= 0.6 is 11.6 Å². The smallest absolute Gasteiger partial charge is 0.304 e. The molecule has 3 rings (SSSR count). The van der Waals surface area contributed by atoms with Crippen LogP contribution in [0.4, 0.5) is 15.8 Å². The van der Waals surface area contributed by atoms with Gasteiger partial charge in [0, 0.05) is 24.4 Å². The van der Waals surface area contributed by atoms with Gasteiger partial charge in [-0.05, 0) is 37.5 Å². The van der Waals surface area contributed by atoms with Gasteiger partial charge in [-0.1, -0.05) is 25.4 Å². The van der Waals surface area contributed by atoms with Crippen molar-refractivity contribution in [1.29, 1.82) is 5.41 Å². The second-order valence-corrected chi connectivity index (χ2v) is 10.1. The van der Waals surface area contributed by atoms with Crippen LogP contribution in [0.3, 0.4) is 0 Å². The highest BCUT2D eigenvalue weighted by Gasteiger charge is 2.30. The highest BCUT2D eigenvalue weighted by atomic mass is 35.5. The van der Waals surface area contributed by atoms with Crippen LogP contribution in [-0.2, 0) is 10.2 Å². The number of nitrogens with one attached hydrogen (secondary N) is 3. The van der Waals surface area contributed by atoms with Crippen LogP contribution in [-0.4, -0.2) is 49.0 Å². The standard InChI is InChI=1S/C21H25ClFN5O4S/c1-12(2)11-32-21-17(22)7-14(10-25-21)26-19-9-18(23)16(8-15(19)13(3)24)20(29)27-33(30,31)28-5-4-6-28/h7-10,12,24,26H,4-6,11H2,1-3H3,(H,27,29). The van der Waals surface area contributed by atoms with Crippen molar-refractivity contribution >= 4 is 44.8 Å². The zero-order valence-corrected chi connectivity index (χ0v) is 20.0. The molecule has 0 radical (unpaired) electrons. The number of rotatable bonds is 9. The number of aromatic nitrogens is 1. The van der Waals surface area contributed by atoms with E-state index in [1.807, 2.05) is 18.6 Å². The first-order valence-electron chi connectivity index (χ1n) is 10.2. The maximum Gasteiger partial charge on any atom is 0.304 e. The van der Waals surface area contributed by atoms with Gasteiger partial charge >= 0.3 is 10.2 Å². The van der Waals surface area contributed by atoms with Gasteiger partial charge in [0.05, 0.1) is 29.7 Å².